The van der Waals surface area contributed by atoms with E-state index in [9.17, 15) is 4.79 Å². The van der Waals surface area contributed by atoms with E-state index >= 15 is 0 Å². The molecule has 1 aromatic carbocycles. The summed E-state index contributed by atoms with van der Waals surface area (Å²) in [6, 6.07) is 3.66. The number of nitrogens with zero attached hydrogens (tertiary/aromatic N) is 1. The zero-order valence-corrected chi connectivity index (χ0v) is 8.88. The van der Waals surface area contributed by atoms with E-state index in [1.807, 2.05) is 13.0 Å². The first-order chi connectivity index (χ1) is 6.11. The van der Waals surface area contributed by atoms with Crippen molar-refractivity contribution in [1.82, 2.24) is 4.57 Å². The van der Waals surface area contributed by atoms with Gasteiger partial charge in [-0.1, -0.05) is 15.9 Å². The second-order valence-electron chi connectivity index (χ2n) is 2.95. The van der Waals surface area contributed by atoms with Gasteiger partial charge in [-0.05, 0) is 24.6 Å². The Labute approximate surface area is 83.1 Å². The summed E-state index contributed by atoms with van der Waals surface area (Å²) in [5, 5.41) is 0. The topological polar surface area (TPSA) is 35.1 Å². The van der Waals surface area contributed by atoms with Crippen molar-refractivity contribution in [3.05, 3.63) is 32.7 Å². The fourth-order valence-corrected chi connectivity index (χ4v) is 1.72. The van der Waals surface area contributed by atoms with Gasteiger partial charge in [-0.3, -0.25) is 4.57 Å². The normalized spacial score (nSPS) is 11.0. The molecule has 0 aliphatic heterocycles. The molecule has 2 rings (SSSR count). The molecule has 0 spiro atoms. The van der Waals surface area contributed by atoms with Crippen molar-refractivity contribution in [2.24, 2.45) is 7.05 Å². The molecule has 0 fully saturated rings. The predicted molar refractivity (Wildman–Crippen MR) is 53.9 cm³/mol. The van der Waals surface area contributed by atoms with Gasteiger partial charge in [0.2, 0.25) is 0 Å². The Kier molecular flexibility index (Phi) is 1.80. The number of fused-ring (bicyclic) bond motifs is 1. The van der Waals surface area contributed by atoms with Crippen LogP contribution in [0.4, 0.5) is 0 Å². The second kappa shape index (κ2) is 2.73. The van der Waals surface area contributed by atoms with Gasteiger partial charge in [0, 0.05) is 11.5 Å². The molecular formula is C9H8BrNO2. The van der Waals surface area contributed by atoms with Crippen LogP contribution in [0.1, 0.15) is 5.56 Å². The van der Waals surface area contributed by atoms with Crippen LogP contribution in [0.5, 0.6) is 0 Å². The zero-order valence-electron chi connectivity index (χ0n) is 7.30. The minimum absolute atomic E-state index is 0.323. The zero-order chi connectivity index (χ0) is 9.59. The largest absolute Gasteiger partial charge is 0.419 e. The van der Waals surface area contributed by atoms with Gasteiger partial charge in [-0.2, -0.15) is 0 Å². The molecule has 1 aromatic heterocycles. The summed E-state index contributed by atoms with van der Waals surface area (Å²) < 4.78 is 7.51. The Balaban J connectivity index is 3.05. The standard InChI is InChI=1S/C9H8BrNO2/c1-5-6(10)3-4-7-8(5)11(2)9(12)13-7/h3-4H,1-2H3. The van der Waals surface area contributed by atoms with Crippen LogP contribution in [-0.2, 0) is 7.05 Å². The molecule has 3 nitrogen and oxygen atoms in total. The van der Waals surface area contributed by atoms with Crippen molar-refractivity contribution in [1.29, 1.82) is 0 Å². The van der Waals surface area contributed by atoms with Crippen molar-refractivity contribution in [2.45, 2.75) is 6.92 Å². The van der Waals surface area contributed by atoms with Gasteiger partial charge in [-0.15, -0.1) is 0 Å². The van der Waals surface area contributed by atoms with Crippen molar-refractivity contribution in [2.75, 3.05) is 0 Å². The van der Waals surface area contributed by atoms with Crippen LogP contribution in [0.3, 0.4) is 0 Å². The molecule has 0 bridgehead atoms. The highest BCUT2D eigenvalue weighted by molar-refractivity contribution is 9.10. The molecule has 0 N–H and O–H groups in total. The number of benzene rings is 1. The summed E-state index contributed by atoms with van der Waals surface area (Å²) in [7, 11) is 1.70. The molecule has 0 amide bonds. The summed E-state index contributed by atoms with van der Waals surface area (Å²) in [5.74, 6) is -0.323. The second-order valence-corrected chi connectivity index (χ2v) is 3.80. The van der Waals surface area contributed by atoms with Crippen LogP contribution < -0.4 is 5.76 Å². The molecule has 2 aromatic rings. The van der Waals surface area contributed by atoms with Gasteiger partial charge >= 0.3 is 5.76 Å². The molecular weight excluding hydrogens is 234 g/mol. The predicted octanol–water partition coefficient (Wildman–Crippen LogP) is 2.20. The molecule has 13 heavy (non-hydrogen) atoms. The lowest BCUT2D eigenvalue weighted by Crippen LogP contribution is -2.08. The summed E-state index contributed by atoms with van der Waals surface area (Å²) in [4.78, 5) is 11.2. The van der Waals surface area contributed by atoms with Crippen molar-refractivity contribution in [3.8, 4) is 0 Å². The summed E-state index contributed by atoms with van der Waals surface area (Å²) in [6.07, 6.45) is 0. The quantitative estimate of drug-likeness (QED) is 0.709. The Bertz CT molecular complexity index is 524. The lowest BCUT2D eigenvalue weighted by Gasteiger charge is -1.99. The Morgan fingerprint density at radius 2 is 2.15 bits per heavy atom. The minimum Gasteiger partial charge on any atom is -0.408 e. The smallest absolute Gasteiger partial charge is 0.408 e. The van der Waals surface area contributed by atoms with Crippen LogP contribution in [0.15, 0.2) is 25.8 Å². The van der Waals surface area contributed by atoms with E-state index in [1.165, 1.54) is 4.57 Å². The van der Waals surface area contributed by atoms with Crippen LogP contribution >= 0.6 is 15.9 Å². The van der Waals surface area contributed by atoms with Crippen molar-refractivity contribution >= 4 is 27.0 Å². The van der Waals surface area contributed by atoms with E-state index in [1.54, 1.807) is 13.1 Å². The number of hydrogen-bond acceptors (Lipinski definition) is 2. The fourth-order valence-electron chi connectivity index (χ4n) is 1.40. The number of aryl methyl sites for hydroxylation is 2. The van der Waals surface area contributed by atoms with Crippen LogP contribution in [0.25, 0.3) is 11.1 Å². The summed E-state index contributed by atoms with van der Waals surface area (Å²) >= 11 is 3.40. The maximum atomic E-state index is 11.2. The van der Waals surface area contributed by atoms with E-state index in [4.69, 9.17) is 4.42 Å². The molecule has 0 atom stereocenters. The van der Waals surface area contributed by atoms with Crippen LogP contribution in [0, 0.1) is 6.92 Å². The number of halogens is 1. The molecule has 0 aliphatic carbocycles. The summed E-state index contributed by atoms with van der Waals surface area (Å²) in [5.41, 5.74) is 2.50. The monoisotopic (exact) mass is 241 g/mol. The number of oxazole rings is 1. The fraction of sp³-hybridized carbons (Fsp3) is 0.222. The van der Waals surface area contributed by atoms with Gasteiger partial charge in [0.1, 0.15) is 0 Å². The first kappa shape index (κ1) is 8.56. The summed E-state index contributed by atoms with van der Waals surface area (Å²) in [6.45, 7) is 1.95. The molecule has 1 heterocycles. The van der Waals surface area contributed by atoms with E-state index in [-0.39, 0.29) is 5.76 Å². The minimum atomic E-state index is -0.323. The molecule has 0 saturated carbocycles. The molecule has 0 aliphatic rings. The molecule has 0 unspecified atom stereocenters. The molecule has 0 radical (unpaired) electrons. The first-order valence-electron chi connectivity index (χ1n) is 3.86. The maximum absolute atomic E-state index is 11.2. The lowest BCUT2D eigenvalue weighted by atomic mass is 10.2. The third-order valence-electron chi connectivity index (χ3n) is 2.13. The Morgan fingerprint density at radius 3 is 2.85 bits per heavy atom. The number of aromatic nitrogens is 1. The van der Waals surface area contributed by atoms with Gasteiger partial charge < -0.3 is 4.42 Å². The third-order valence-corrected chi connectivity index (χ3v) is 2.99. The van der Waals surface area contributed by atoms with Crippen molar-refractivity contribution in [3.63, 3.8) is 0 Å². The Morgan fingerprint density at radius 1 is 1.46 bits per heavy atom. The van der Waals surface area contributed by atoms with E-state index in [0.717, 1.165) is 15.6 Å². The lowest BCUT2D eigenvalue weighted by molar-refractivity contribution is 0.528. The molecule has 4 heteroatoms. The highest BCUT2D eigenvalue weighted by Gasteiger charge is 2.09. The first-order valence-corrected chi connectivity index (χ1v) is 4.65. The van der Waals surface area contributed by atoms with Gasteiger partial charge in [0.25, 0.3) is 0 Å². The van der Waals surface area contributed by atoms with Gasteiger partial charge in [-0.25, -0.2) is 4.79 Å². The highest BCUT2D eigenvalue weighted by Crippen LogP contribution is 2.24. The van der Waals surface area contributed by atoms with E-state index in [2.05, 4.69) is 15.9 Å². The maximum Gasteiger partial charge on any atom is 0.419 e. The van der Waals surface area contributed by atoms with Crippen LogP contribution in [0.2, 0.25) is 0 Å². The van der Waals surface area contributed by atoms with Gasteiger partial charge in [0.15, 0.2) is 5.58 Å². The van der Waals surface area contributed by atoms with Crippen molar-refractivity contribution < 1.29 is 4.42 Å². The average molecular weight is 242 g/mol. The van der Waals surface area contributed by atoms with Gasteiger partial charge in [0.05, 0.1) is 5.52 Å². The Hall–Kier alpha value is -1.03. The highest BCUT2D eigenvalue weighted by atomic mass is 79.9. The van der Waals surface area contributed by atoms with E-state index in [0.29, 0.717) is 5.58 Å². The van der Waals surface area contributed by atoms with Crippen LogP contribution in [-0.4, -0.2) is 4.57 Å². The third kappa shape index (κ3) is 1.13. The molecule has 0 saturated heterocycles. The number of rotatable bonds is 0. The molecule has 68 valence electrons. The van der Waals surface area contributed by atoms with E-state index < -0.39 is 0 Å². The average Bonchev–Trinajstić information content (AvgIpc) is 2.37. The number of hydrogen-bond donors (Lipinski definition) is 0. The SMILES string of the molecule is Cc1c(Br)ccc2oc(=O)n(C)c12.